The monoisotopic (exact) mass is 316 g/mol. The Balaban J connectivity index is 2.02. The predicted molar refractivity (Wildman–Crippen MR) is 87.3 cm³/mol. The molecule has 0 aliphatic heterocycles. The lowest BCUT2D eigenvalue weighted by atomic mass is 10.1. The van der Waals surface area contributed by atoms with Crippen LogP contribution in [0.25, 0.3) is 0 Å². The number of amides is 1. The number of rotatable bonds is 7. The first-order valence-corrected chi connectivity index (χ1v) is 7.17. The van der Waals surface area contributed by atoms with Crippen molar-refractivity contribution in [1.29, 1.82) is 0 Å². The summed E-state index contributed by atoms with van der Waals surface area (Å²) < 4.78 is 15.7. The Kier molecular flexibility index (Phi) is 5.80. The molecule has 1 heterocycles. The van der Waals surface area contributed by atoms with Gasteiger partial charge in [0.15, 0.2) is 11.6 Å². The Labute approximate surface area is 135 Å². The van der Waals surface area contributed by atoms with E-state index in [1.54, 1.807) is 32.5 Å². The maximum Gasteiger partial charge on any atom is 0.225 e. The standard InChI is InChI=1S/C17H20N2O4/c1-21-13-7-8-14(22-2)12(11-13)6-9-16(20)19-17-15(23-3)5-4-10-18-17/h4-5,7-8,10-11H,6,9H2,1-3H3,(H,18,19,20). The van der Waals surface area contributed by atoms with Gasteiger partial charge in [0.25, 0.3) is 0 Å². The van der Waals surface area contributed by atoms with Crippen LogP contribution in [0.2, 0.25) is 0 Å². The van der Waals surface area contributed by atoms with Crippen LogP contribution >= 0.6 is 0 Å². The zero-order chi connectivity index (χ0) is 16.7. The zero-order valence-electron chi connectivity index (χ0n) is 13.5. The number of nitrogens with one attached hydrogen (secondary N) is 1. The summed E-state index contributed by atoms with van der Waals surface area (Å²) >= 11 is 0. The topological polar surface area (TPSA) is 69.7 Å². The van der Waals surface area contributed by atoms with Crippen molar-refractivity contribution in [1.82, 2.24) is 4.98 Å². The van der Waals surface area contributed by atoms with Crippen molar-refractivity contribution in [3.63, 3.8) is 0 Å². The molecular formula is C17H20N2O4. The van der Waals surface area contributed by atoms with Crippen LogP contribution in [0.15, 0.2) is 36.5 Å². The Morgan fingerprint density at radius 2 is 1.87 bits per heavy atom. The minimum Gasteiger partial charge on any atom is -0.497 e. The maximum absolute atomic E-state index is 12.1. The van der Waals surface area contributed by atoms with Crippen LogP contribution < -0.4 is 19.5 Å². The average Bonchev–Trinajstić information content (AvgIpc) is 2.60. The van der Waals surface area contributed by atoms with E-state index in [1.807, 2.05) is 18.2 Å². The highest BCUT2D eigenvalue weighted by Gasteiger charge is 2.11. The molecule has 0 saturated heterocycles. The molecule has 6 nitrogen and oxygen atoms in total. The molecule has 6 heteroatoms. The lowest BCUT2D eigenvalue weighted by Crippen LogP contribution is -2.14. The summed E-state index contributed by atoms with van der Waals surface area (Å²) in [6.45, 7) is 0. The van der Waals surface area contributed by atoms with Gasteiger partial charge in [0.05, 0.1) is 21.3 Å². The van der Waals surface area contributed by atoms with Gasteiger partial charge in [-0.1, -0.05) is 0 Å². The van der Waals surface area contributed by atoms with Gasteiger partial charge in [0, 0.05) is 12.6 Å². The number of methoxy groups -OCH3 is 3. The quantitative estimate of drug-likeness (QED) is 0.850. The van der Waals surface area contributed by atoms with Gasteiger partial charge in [-0.25, -0.2) is 4.98 Å². The molecule has 0 radical (unpaired) electrons. The second-order valence-electron chi connectivity index (χ2n) is 4.78. The summed E-state index contributed by atoms with van der Waals surface area (Å²) in [4.78, 5) is 16.2. The number of carbonyl (C=O) groups excluding carboxylic acids is 1. The summed E-state index contributed by atoms with van der Waals surface area (Å²) in [6, 6.07) is 9.01. The van der Waals surface area contributed by atoms with Crippen LogP contribution in [-0.2, 0) is 11.2 Å². The third-order valence-electron chi connectivity index (χ3n) is 3.36. The molecule has 122 valence electrons. The normalized spacial score (nSPS) is 10.0. The Bertz CT molecular complexity index is 673. The first kappa shape index (κ1) is 16.6. The third kappa shape index (κ3) is 4.35. The van der Waals surface area contributed by atoms with Gasteiger partial charge in [0.2, 0.25) is 5.91 Å². The first-order chi connectivity index (χ1) is 11.2. The molecule has 2 rings (SSSR count). The number of aromatic nitrogens is 1. The van der Waals surface area contributed by atoms with Crippen molar-refractivity contribution < 1.29 is 19.0 Å². The molecule has 0 spiro atoms. The van der Waals surface area contributed by atoms with E-state index in [4.69, 9.17) is 14.2 Å². The van der Waals surface area contributed by atoms with Gasteiger partial charge < -0.3 is 19.5 Å². The molecule has 1 aromatic heterocycles. The van der Waals surface area contributed by atoms with E-state index in [1.165, 1.54) is 7.11 Å². The number of aryl methyl sites for hydroxylation is 1. The number of hydrogen-bond acceptors (Lipinski definition) is 5. The van der Waals surface area contributed by atoms with E-state index in [0.29, 0.717) is 24.4 Å². The van der Waals surface area contributed by atoms with E-state index >= 15 is 0 Å². The van der Waals surface area contributed by atoms with Crippen molar-refractivity contribution in [2.45, 2.75) is 12.8 Å². The van der Waals surface area contributed by atoms with Crippen LogP contribution in [0.3, 0.4) is 0 Å². The third-order valence-corrected chi connectivity index (χ3v) is 3.36. The summed E-state index contributed by atoms with van der Waals surface area (Å²) in [5, 5.41) is 2.75. The van der Waals surface area contributed by atoms with Crippen LogP contribution in [-0.4, -0.2) is 32.2 Å². The summed E-state index contributed by atoms with van der Waals surface area (Å²) in [5.74, 6) is 2.26. The lowest BCUT2D eigenvalue weighted by molar-refractivity contribution is -0.116. The number of ether oxygens (including phenoxy) is 3. The van der Waals surface area contributed by atoms with Gasteiger partial charge in [0.1, 0.15) is 11.5 Å². The highest BCUT2D eigenvalue weighted by molar-refractivity contribution is 5.91. The predicted octanol–water partition coefficient (Wildman–Crippen LogP) is 2.68. The number of nitrogens with zero attached hydrogens (tertiary/aromatic N) is 1. The minimum absolute atomic E-state index is 0.146. The maximum atomic E-state index is 12.1. The lowest BCUT2D eigenvalue weighted by Gasteiger charge is -2.11. The molecule has 0 unspecified atom stereocenters. The summed E-state index contributed by atoms with van der Waals surface area (Å²) in [6.07, 6.45) is 2.42. The molecule has 0 atom stereocenters. The van der Waals surface area contributed by atoms with Gasteiger partial charge >= 0.3 is 0 Å². The molecule has 0 aliphatic rings. The fraction of sp³-hybridized carbons (Fsp3) is 0.294. The molecule has 23 heavy (non-hydrogen) atoms. The van der Waals surface area contributed by atoms with Crippen LogP contribution in [0, 0.1) is 0 Å². The highest BCUT2D eigenvalue weighted by Crippen LogP contribution is 2.25. The van der Waals surface area contributed by atoms with Crippen LogP contribution in [0.4, 0.5) is 5.82 Å². The molecule has 2 aromatic rings. The molecule has 0 bridgehead atoms. The minimum atomic E-state index is -0.146. The van der Waals surface area contributed by atoms with Gasteiger partial charge in [-0.05, 0) is 42.3 Å². The van der Waals surface area contributed by atoms with Crippen molar-refractivity contribution >= 4 is 11.7 Å². The molecule has 1 amide bonds. The molecule has 0 aliphatic carbocycles. The number of carbonyl (C=O) groups is 1. The SMILES string of the molecule is COc1ccc(OC)c(CCC(=O)Nc2ncccc2OC)c1. The van der Waals surface area contributed by atoms with Gasteiger partial charge in [-0.3, -0.25) is 4.79 Å². The molecule has 1 N–H and O–H groups in total. The smallest absolute Gasteiger partial charge is 0.225 e. The second kappa shape index (κ2) is 8.03. The summed E-state index contributed by atoms with van der Waals surface area (Å²) in [7, 11) is 4.74. The highest BCUT2D eigenvalue weighted by atomic mass is 16.5. The number of anilines is 1. The van der Waals surface area contributed by atoms with E-state index in [0.717, 1.165) is 17.1 Å². The van der Waals surface area contributed by atoms with Crippen molar-refractivity contribution in [2.24, 2.45) is 0 Å². The van der Waals surface area contributed by atoms with Crippen LogP contribution in [0.1, 0.15) is 12.0 Å². The van der Waals surface area contributed by atoms with Crippen molar-refractivity contribution in [3.05, 3.63) is 42.1 Å². The average molecular weight is 316 g/mol. The number of benzene rings is 1. The molecule has 1 aromatic carbocycles. The van der Waals surface area contributed by atoms with Crippen molar-refractivity contribution in [2.75, 3.05) is 26.6 Å². The molecular weight excluding hydrogens is 296 g/mol. The van der Waals surface area contributed by atoms with E-state index < -0.39 is 0 Å². The van der Waals surface area contributed by atoms with Crippen LogP contribution in [0.5, 0.6) is 17.2 Å². The largest absolute Gasteiger partial charge is 0.497 e. The Hall–Kier alpha value is -2.76. The second-order valence-corrected chi connectivity index (χ2v) is 4.78. The van der Waals surface area contributed by atoms with E-state index in [9.17, 15) is 4.79 Å². The first-order valence-electron chi connectivity index (χ1n) is 7.17. The number of pyridine rings is 1. The van der Waals surface area contributed by atoms with Gasteiger partial charge in [-0.15, -0.1) is 0 Å². The number of hydrogen-bond donors (Lipinski definition) is 1. The molecule has 0 saturated carbocycles. The Morgan fingerprint density at radius 3 is 2.57 bits per heavy atom. The Morgan fingerprint density at radius 1 is 1.09 bits per heavy atom. The van der Waals surface area contributed by atoms with E-state index in [2.05, 4.69) is 10.3 Å². The summed E-state index contributed by atoms with van der Waals surface area (Å²) in [5.41, 5.74) is 0.912. The zero-order valence-corrected chi connectivity index (χ0v) is 13.5. The fourth-order valence-corrected chi connectivity index (χ4v) is 2.17. The fourth-order valence-electron chi connectivity index (χ4n) is 2.17. The molecule has 0 fully saturated rings. The van der Waals surface area contributed by atoms with Gasteiger partial charge in [-0.2, -0.15) is 0 Å². The van der Waals surface area contributed by atoms with Crippen molar-refractivity contribution in [3.8, 4) is 17.2 Å². The van der Waals surface area contributed by atoms with E-state index in [-0.39, 0.29) is 5.91 Å².